The zero-order chi connectivity index (χ0) is 10.4. The van der Waals surface area contributed by atoms with Gasteiger partial charge in [-0.15, -0.1) is 0 Å². The van der Waals surface area contributed by atoms with Crippen LogP contribution >= 0.6 is 0 Å². The summed E-state index contributed by atoms with van der Waals surface area (Å²) in [6.07, 6.45) is 2.49. The predicted octanol–water partition coefficient (Wildman–Crippen LogP) is 3.45. The SMILES string of the molecule is CB1Cc2cccc3cc(C)cc(c23)C1. The number of hydrogen-bond donors (Lipinski definition) is 0. The smallest absolute Gasteiger partial charge is 0.0855 e. The third kappa shape index (κ3) is 1.38. The van der Waals surface area contributed by atoms with Crippen molar-refractivity contribution in [3.63, 3.8) is 0 Å². The lowest BCUT2D eigenvalue weighted by molar-refractivity contribution is 1.23. The van der Waals surface area contributed by atoms with Gasteiger partial charge in [0.2, 0.25) is 0 Å². The second-order valence-electron chi connectivity index (χ2n) is 4.95. The summed E-state index contributed by atoms with van der Waals surface area (Å²) in [5.74, 6) is 0. The second-order valence-corrected chi connectivity index (χ2v) is 4.95. The average Bonchev–Trinajstić information content (AvgIpc) is 2.16. The van der Waals surface area contributed by atoms with Crippen molar-refractivity contribution in [3.8, 4) is 0 Å². The third-order valence-electron chi connectivity index (χ3n) is 3.43. The van der Waals surface area contributed by atoms with Gasteiger partial charge in [-0.2, -0.15) is 0 Å². The van der Waals surface area contributed by atoms with Gasteiger partial charge in [0, 0.05) is 0 Å². The maximum Gasteiger partial charge on any atom is 0.146 e. The van der Waals surface area contributed by atoms with Crippen molar-refractivity contribution in [2.75, 3.05) is 0 Å². The molecule has 1 heteroatoms. The Bertz CT molecular complexity index is 528. The molecule has 0 saturated carbocycles. The van der Waals surface area contributed by atoms with Crippen LogP contribution in [0.2, 0.25) is 6.82 Å². The van der Waals surface area contributed by atoms with Crippen LogP contribution in [0.4, 0.5) is 0 Å². The van der Waals surface area contributed by atoms with Gasteiger partial charge in [-0.1, -0.05) is 42.7 Å². The van der Waals surface area contributed by atoms with Gasteiger partial charge in [-0.05, 0) is 41.5 Å². The van der Waals surface area contributed by atoms with E-state index in [0.29, 0.717) is 0 Å². The molecule has 0 saturated heterocycles. The summed E-state index contributed by atoms with van der Waals surface area (Å²) in [6, 6.07) is 11.4. The van der Waals surface area contributed by atoms with Crippen molar-refractivity contribution in [2.45, 2.75) is 26.4 Å². The van der Waals surface area contributed by atoms with Crippen LogP contribution in [0.25, 0.3) is 10.8 Å². The minimum Gasteiger partial charge on any atom is -0.0855 e. The molecule has 0 bridgehead atoms. The molecule has 0 atom stereocenters. The Morgan fingerprint density at radius 2 is 1.87 bits per heavy atom. The predicted molar refractivity (Wildman–Crippen MR) is 67.7 cm³/mol. The summed E-state index contributed by atoms with van der Waals surface area (Å²) in [6.45, 7) is 5.34. The van der Waals surface area contributed by atoms with Crippen molar-refractivity contribution in [1.29, 1.82) is 0 Å². The minimum absolute atomic E-state index is 0.796. The Balaban J connectivity index is 2.40. The molecule has 15 heavy (non-hydrogen) atoms. The van der Waals surface area contributed by atoms with Gasteiger partial charge in [0.25, 0.3) is 0 Å². The van der Waals surface area contributed by atoms with E-state index in [4.69, 9.17) is 0 Å². The van der Waals surface area contributed by atoms with E-state index in [9.17, 15) is 0 Å². The summed E-state index contributed by atoms with van der Waals surface area (Å²) < 4.78 is 0. The van der Waals surface area contributed by atoms with Crippen LogP contribution in [0.15, 0.2) is 30.3 Å². The Labute approximate surface area is 91.4 Å². The first kappa shape index (κ1) is 9.02. The first-order chi connectivity index (χ1) is 7.24. The van der Waals surface area contributed by atoms with E-state index in [1.54, 1.807) is 11.1 Å². The third-order valence-corrected chi connectivity index (χ3v) is 3.43. The van der Waals surface area contributed by atoms with E-state index in [0.717, 1.165) is 6.71 Å². The zero-order valence-corrected chi connectivity index (χ0v) is 9.38. The summed E-state index contributed by atoms with van der Waals surface area (Å²) in [7, 11) is 0. The fraction of sp³-hybridized carbons (Fsp3) is 0.286. The lowest BCUT2D eigenvalue weighted by atomic mass is 9.42. The molecular weight excluding hydrogens is 179 g/mol. The van der Waals surface area contributed by atoms with Crippen LogP contribution in [0.3, 0.4) is 0 Å². The Kier molecular flexibility index (Phi) is 1.88. The molecule has 1 heterocycles. The molecule has 0 N–H and O–H groups in total. The molecule has 0 nitrogen and oxygen atoms in total. The molecular formula is C14H15B. The first-order valence-corrected chi connectivity index (χ1v) is 5.75. The maximum atomic E-state index is 2.36. The Hall–Kier alpha value is -1.24. The van der Waals surface area contributed by atoms with Crippen molar-refractivity contribution in [3.05, 3.63) is 47.0 Å². The quantitative estimate of drug-likeness (QED) is 0.563. The van der Waals surface area contributed by atoms with E-state index in [-0.39, 0.29) is 0 Å². The fourth-order valence-corrected chi connectivity index (χ4v) is 2.92. The van der Waals surface area contributed by atoms with Crippen molar-refractivity contribution < 1.29 is 0 Å². The molecule has 0 unspecified atom stereocenters. The average molecular weight is 194 g/mol. The molecule has 2 aromatic rings. The number of aryl methyl sites for hydroxylation is 1. The fourth-order valence-electron chi connectivity index (χ4n) is 2.92. The van der Waals surface area contributed by atoms with Crippen molar-refractivity contribution >= 4 is 17.5 Å². The molecule has 0 amide bonds. The molecule has 1 aliphatic rings. The van der Waals surface area contributed by atoms with Crippen molar-refractivity contribution in [1.82, 2.24) is 0 Å². The molecule has 1 aliphatic heterocycles. The van der Waals surface area contributed by atoms with Gasteiger partial charge < -0.3 is 0 Å². The molecule has 74 valence electrons. The van der Waals surface area contributed by atoms with E-state index in [2.05, 4.69) is 44.1 Å². The summed E-state index contributed by atoms with van der Waals surface area (Å²) in [5.41, 5.74) is 4.49. The minimum atomic E-state index is 0.796. The molecule has 3 rings (SSSR count). The molecule has 0 aromatic heterocycles. The van der Waals surface area contributed by atoms with Gasteiger partial charge in [0.1, 0.15) is 6.71 Å². The summed E-state index contributed by atoms with van der Waals surface area (Å²) in [5, 5.41) is 2.95. The lowest BCUT2D eigenvalue weighted by Gasteiger charge is -2.21. The van der Waals surface area contributed by atoms with Gasteiger partial charge >= 0.3 is 0 Å². The van der Waals surface area contributed by atoms with Crippen LogP contribution < -0.4 is 0 Å². The highest BCUT2D eigenvalue weighted by atomic mass is 14.1. The highest BCUT2D eigenvalue weighted by molar-refractivity contribution is 6.57. The Morgan fingerprint density at radius 1 is 1.07 bits per heavy atom. The zero-order valence-electron chi connectivity index (χ0n) is 9.38. The van der Waals surface area contributed by atoms with E-state index >= 15 is 0 Å². The van der Waals surface area contributed by atoms with E-state index < -0.39 is 0 Å². The number of hydrogen-bond acceptors (Lipinski definition) is 0. The van der Waals surface area contributed by atoms with Gasteiger partial charge in [0.05, 0.1) is 0 Å². The molecule has 0 radical (unpaired) electrons. The van der Waals surface area contributed by atoms with Crippen LogP contribution in [-0.2, 0) is 12.6 Å². The van der Waals surface area contributed by atoms with Crippen molar-refractivity contribution in [2.24, 2.45) is 0 Å². The second kappa shape index (κ2) is 3.13. The highest BCUT2D eigenvalue weighted by Gasteiger charge is 2.19. The Morgan fingerprint density at radius 3 is 2.73 bits per heavy atom. The van der Waals surface area contributed by atoms with Crippen LogP contribution in [-0.4, -0.2) is 6.71 Å². The topological polar surface area (TPSA) is 0 Å². The first-order valence-electron chi connectivity index (χ1n) is 5.75. The number of benzene rings is 2. The molecule has 0 fully saturated rings. The van der Waals surface area contributed by atoms with Crippen LogP contribution in [0, 0.1) is 6.92 Å². The molecule has 0 aliphatic carbocycles. The molecule has 2 aromatic carbocycles. The maximum absolute atomic E-state index is 2.36. The normalized spacial score (nSPS) is 14.7. The summed E-state index contributed by atoms with van der Waals surface area (Å²) in [4.78, 5) is 0. The van der Waals surface area contributed by atoms with E-state index in [1.165, 1.54) is 29.0 Å². The van der Waals surface area contributed by atoms with Gasteiger partial charge in [-0.3, -0.25) is 0 Å². The molecule has 0 spiro atoms. The lowest BCUT2D eigenvalue weighted by Crippen LogP contribution is -2.21. The van der Waals surface area contributed by atoms with E-state index in [1.807, 2.05) is 0 Å². The van der Waals surface area contributed by atoms with Crippen LogP contribution in [0.1, 0.15) is 16.7 Å². The largest absolute Gasteiger partial charge is 0.146 e. The van der Waals surface area contributed by atoms with Gasteiger partial charge in [0.15, 0.2) is 0 Å². The van der Waals surface area contributed by atoms with Gasteiger partial charge in [-0.25, -0.2) is 0 Å². The van der Waals surface area contributed by atoms with Crippen LogP contribution in [0.5, 0.6) is 0 Å². The summed E-state index contributed by atoms with van der Waals surface area (Å²) >= 11 is 0. The standard InChI is InChI=1S/C14H15B/c1-10-6-11-4-3-5-12-8-15(2)9-13(7-10)14(11)12/h3-7H,8-9H2,1-2H3. The highest BCUT2D eigenvalue weighted by Crippen LogP contribution is 2.30. The monoisotopic (exact) mass is 194 g/mol. The number of rotatable bonds is 0.